The van der Waals surface area contributed by atoms with Gasteiger partial charge in [0.15, 0.2) is 5.82 Å². The second kappa shape index (κ2) is 4.91. The van der Waals surface area contributed by atoms with Gasteiger partial charge < -0.3 is 10.5 Å². The summed E-state index contributed by atoms with van der Waals surface area (Å²) in [4.78, 5) is 4.45. The van der Waals surface area contributed by atoms with E-state index in [1.807, 2.05) is 38.4 Å². The van der Waals surface area contributed by atoms with Gasteiger partial charge in [0.05, 0.1) is 17.5 Å². The van der Waals surface area contributed by atoms with Crippen LogP contribution in [-0.4, -0.2) is 20.9 Å². The van der Waals surface area contributed by atoms with Crippen LogP contribution in [0.4, 0.5) is 5.69 Å². The lowest BCUT2D eigenvalue weighted by Gasteiger charge is -2.12. The lowest BCUT2D eigenvalue weighted by Crippen LogP contribution is -2.11. The van der Waals surface area contributed by atoms with E-state index in [-0.39, 0.29) is 6.10 Å². The molecule has 0 saturated heterocycles. The van der Waals surface area contributed by atoms with Gasteiger partial charge in [0, 0.05) is 5.69 Å². The molecule has 0 fully saturated rings. The van der Waals surface area contributed by atoms with Gasteiger partial charge in [0.2, 0.25) is 5.88 Å². The number of ether oxygens (including phenoxy) is 1. The lowest BCUT2D eigenvalue weighted by atomic mass is 10.2. The molecule has 2 N–H and O–H groups in total. The van der Waals surface area contributed by atoms with E-state index in [0.717, 1.165) is 17.2 Å². The summed E-state index contributed by atoms with van der Waals surface area (Å²) in [6.07, 6.45) is 0.0345. The number of rotatable bonds is 3. The first-order valence-corrected chi connectivity index (χ1v) is 6.36. The van der Waals surface area contributed by atoms with Crippen molar-refractivity contribution in [3.8, 4) is 11.7 Å². The van der Waals surface area contributed by atoms with Crippen molar-refractivity contribution in [3.63, 3.8) is 0 Å². The first-order chi connectivity index (χ1) is 8.90. The Bertz CT molecular complexity index is 602. The number of hydrogen-bond donors (Lipinski definition) is 1. The minimum absolute atomic E-state index is 0.0345. The summed E-state index contributed by atoms with van der Waals surface area (Å²) >= 11 is 0. The molecule has 2 aromatic heterocycles. The van der Waals surface area contributed by atoms with Crippen LogP contribution in [0.2, 0.25) is 0 Å². The maximum Gasteiger partial charge on any atom is 0.239 e. The van der Waals surface area contributed by atoms with Crippen molar-refractivity contribution in [1.29, 1.82) is 0 Å². The predicted octanol–water partition coefficient (Wildman–Crippen LogP) is 2.56. The molecule has 2 heterocycles. The van der Waals surface area contributed by atoms with E-state index >= 15 is 0 Å². The Morgan fingerprint density at radius 1 is 1.21 bits per heavy atom. The van der Waals surface area contributed by atoms with E-state index in [1.54, 1.807) is 6.07 Å². The molecular formula is C14H20N4O. The van der Waals surface area contributed by atoms with Crippen LogP contribution in [0.15, 0.2) is 12.1 Å². The monoisotopic (exact) mass is 260 g/mol. The molecule has 0 bridgehead atoms. The van der Waals surface area contributed by atoms with Crippen molar-refractivity contribution >= 4 is 5.69 Å². The average molecular weight is 260 g/mol. The highest BCUT2D eigenvalue weighted by Gasteiger charge is 2.12. The number of anilines is 1. The van der Waals surface area contributed by atoms with Crippen LogP contribution in [0.25, 0.3) is 5.82 Å². The first kappa shape index (κ1) is 13.4. The van der Waals surface area contributed by atoms with Crippen LogP contribution in [-0.2, 0) is 0 Å². The second-order valence-corrected chi connectivity index (χ2v) is 4.94. The van der Waals surface area contributed by atoms with Crippen molar-refractivity contribution in [2.45, 2.75) is 40.7 Å². The van der Waals surface area contributed by atoms with Crippen LogP contribution < -0.4 is 10.5 Å². The Balaban J connectivity index is 2.48. The van der Waals surface area contributed by atoms with Gasteiger partial charge in [-0.25, -0.2) is 4.68 Å². The molecule has 0 aliphatic heterocycles. The van der Waals surface area contributed by atoms with Gasteiger partial charge in [-0.2, -0.15) is 10.1 Å². The Hall–Kier alpha value is -2.04. The third-order valence-corrected chi connectivity index (χ3v) is 3.09. The van der Waals surface area contributed by atoms with Crippen molar-refractivity contribution in [1.82, 2.24) is 14.8 Å². The fraction of sp³-hybridized carbons (Fsp3) is 0.429. The number of nitrogen functional groups attached to an aromatic ring is 1. The molecule has 0 radical (unpaired) electrons. The highest BCUT2D eigenvalue weighted by molar-refractivity contribution is 5.51. The van der Waals surface area contributed by atoms with Gasteiger partial charge in [-0.05, 0) is 52.3 Å². The van der Waals surface area contributed by atoms with E-state index in [0.29, 0.717) is 11.6 Å². The largest absolute Gasteiger partial charge is 0.473 e. The molecule has 0 aliphatic rings. The first-order valence-electron chi connectivity index (χ1n) is 6.36. The van der Waals surface area contributed by atoms with Crippen LogP contribution in [0.5, 0.6) is 5.88 Å². The number of aryl methyl sites for hydroxylation is 1. The minimum atomic E-state index is 0.0345. The molecule has 0 spiro atoms. The van der Waals surface area contributed by atoms with Crippen LogP contribution in [0.3, 0.4) is 0 Å². The number of hydrogen-bond acceptors (Lipinski definition) is 4. The van der Waals surface area contributed by atoms with E-state index < -0.39 is 0 Å². The molecule has 5 nitrogen and oxygen atoms in total. The van der Waals surface area contributed by atoms with Crippen LogP contribution in [0.1, 0.15) is 30.8 Å². The molecule has 0 unspecified atom stereocenters. The Morgan fingerprint density at radius 3 is 2.42 bits per heavy atom. The van der Waals surface area contributed by atoms with Crippen molar-refractivity contribution < 1.29 is 4.74 Å². The zero-order valence-corrected chi connectivity index (χ0v) is 12.1. The molecule has 0 amide bonds. The van der Waals surface area contributed by atoms with E-state index in [1.165, 1.54) is 5.56 Å². The van der Waals surface area contributed by atoms with Gasteiger partial charge >= 0.3 is 0 Å². The molecule has 102 valence electrons. The zero-order chi connectivity index (χ0) is 14.2. The number of pyridine rings is 1. The molecule has 2 rings (SSSR count). The molecule has 0 saturated carbocycles. The summed E-state index contributed by atoms with van der Waals surface area (Å²) in [5, 5.41) is 4.49. The van der Waals surface area contributed by atoms with Gasteiger partial charge in [-0.1, -0.05) is 0 Å². The maximum absolute atomic E-state index is 5.87. The molecule has 19 heavy (non-hydrogen) atoms. The fourth-order valence-electron chi connectivity index (χ4n) is 1.82. The second-order valence-electron chi connectivity index (χ2n) is 4.94. The summed E-state index contributed by atoms with van der Waals surface area (Å²) in [7, 11) is 0. The Morgan fingerprint density at radius 2 is 1.89 bits per heavy atom. The summed E-state index contributed by atoms with van der Waals surface area (Å²) in [5.74, 6) is 1.18. The summed E-state index contributed by atoms with van der Waals surface area (Å²) in [5.41, 5.74) is 9.66. The molecule has 0 aromatic carbocycles. The highest BCUT2D eigenvalue weighted by Crippen LogP contribution is 2.23. The SMILES string of the molecule is Cc1nn(-c2ccc(N)c(OC(C)C)n2)c(C)c1C. The van der Waals surface area contributed by atoms with Gasteiger partial charge in [-0.3, -0.25) is 0 Å². The van der Waals surface area contributed by atoms with Crippen molar-refractivity contribution in [3.05, 3.63) is 29.1 Å². The minimum Gasteiger partial charge on any atom is -0.473 e. The fourth-order valence-corrected chi connectivity index (χ4v) is 1.82. The lowest BCUT2D eigenvalue weighted by molar-refractivity contribution is 0.234. The van der Waals surface area contributed by atoms with Crippen molar-refractivity contribution in [2.75, 3.05) is 5.73 Å². The van der Waals surface area contributed by atoms with E-state index in [4.69, 9.17) is 10.5 Å². The van der Waals surface area contributed by atoms with Gasteiger partial charge in [0.25, 0.3) is 0 Å². The normalized spacial score (nSPS) is 11.1. The maximum atomic E-state index is 5.87. The van der Waals surface area contributed by atoms with E-state index in [2.05, 4.69) is 17.0 Å². The molecule has 5 heteroatoms. The summed E-state index contributed by atoms with van der Waals surface area (Å²) < 4.78 is 7.42. The average Bonchev–Trinajstić information content (AvgIpc) is 2.59. The Labute approximate surface area is 113 Å². The molecule has 0 atom stereocenters. The van der Waals surface area contributed by atoms with Gasteiger partial charge in [0.1, 0.15) is 0 Å². The molecule has 2 aromatic rings. The van der Waals surface area contributed by atoms with Crippen molar-refractivity contribution in [2.24, 2.45) is 0 Å². The Kier molecular flexibility index (Phi) is 3.46. The standard InChI is InChI=1S/C14H20N4O/c1-8(2)19-14-12(15)6-7-13(16-14)18-11(5)9(3)10(4)17-18/h6-8H,15H2,1-5H3. The van der Waals surface area contributed by atoms with Crippen LogP contribution >= 0.6 is 0 Å². The summed E-state index contributed by atoms with van der Waals surface area (Å²) in [6.45, 7) is 9.96. The molecular weight excluding hydrogens is 240 g/mol. The zero-order valence-electron chi connectivity index (χ0n) is 12.1. The number of nitrogens with zero attached hydrogens (tertiary/aromatic N) is 3. The summed E-state index contributed by atoms with van der Waals surface area (Å²) in [6, 6.07) is 3.65. The predicted molar refractivity (Wildman–Crippen MR) is 75.7 cm³/mol. The topological polar surface area (TPSA) is 66.0 Å². The smallest absolute Gasteiger partial charge is 0.239 e. The molecule has 0 aliphatic carbocycles. The number of nitrogens with two attached hydrogens (primary N) is 1. The third-order valence-electron chi connectivity index (χ3n) is 3.09. The van der Waals surface area contributed by atoms with Crippen LogP contribution in [0, 0.1) is 20.8 Å². The third kappa shape index (κ3) is 2.54. The quantitative estimate of drug-likeness (QED) is 0.921. The van der Waals surface area contributed by atoms with E-state index in [9.17, 15) is 0 Å². The highest BCUT2D eigenvalue weighted by atomic mass is 16.5. The van der Waals surface area contributed by atoms with Gasteiger partial charge in [-0.15, -0.1) is 0 Å². The number of aromatic nitrogens is 3.